The van der Waals surface area contributed by atoms with Gasteiger partial charge in [0.05, 0.1) is 6.54 Å². The normalized spacial score (nSPS) is 19.9. The summed E-state index contributed by atoms with van der Waals surface area (Å²) in [4.78, 5) is 12.3. The number of ether oxygens (including phenoxy) is 1. The second-order valence-corrected chi connectivity index (χ2v) is 8.73. The van der Waals surface area contributed by atoms with Gasteiger partial charge in [-0.3, -0.25) is 0 Å². The van der Waals surface area contributed by atoms with Crippen molar-refractivity contribution in [3.63, 3.8) is 0 Å². The Kier molecular flexibility index (Phi) is 6.11. The predicted octanol–water partition coefficient (Wildman–Crippen LogP) is 5.64. The number of nitrogens with one attached hydrogen (secondary N) is 1. The second-order valence-electron chi connectivity index (χ2n) is 8.73. The summed E-state index contributed by atoms with van der Waals surface area (Å²) in [6.07, 6.45) is -8.66. The Bertz CT molecular complexity index is 970. The molecule has 0 aliphatic heterocycles. The van der Waals surface area contributed by atoms with Gasteiger partial charge in [-0.05, 0) is 41.0 Å². The third-order valence-corrected chi connectivity index (χ3v) is 6.73. The summed E-state index contributed by atoms with van der Waals surface area (Å²) in [5.74, 6) is -4.75. The lowest BCUT2D eigenvalue weighted by Crippen LogP contribution is -2.59. The molecule has 2 aromatic rings. The van der Waals surface area contributed by atoms with Gasteiger partial charge in [-0.25, -0.2) is 13.6 Å². The fourth-order valence-corrected chi connectivity index (χ4v) is 4.85. The largest absolute Gasteiger partial charge is 0.449 e. The van der Waals surface area contributed by atoms with E-state index in [0.29, 0.717) is 0 Å². The first-order valence-corrected chi connectivity index (χ1v) is 10.8. The molecule has 1 unspecified atom stereocenters. The number of fused-ring (bicyclic) bond motifs is 3. The maximum Gasteiger partial charge on any atom is 0.419 e. The fraction of sp³-hybridized carbons (Fsp3) is 0.458. The topological polar surface area (TPSA) is 58.6 Å². The van der Waals surface area contributed by atoms with Crippen LogP contribution in [0.1, 0.15) is 42.7 Å². The average molecular weight is 469 g/mol. The van der Waals surface area contributed by atoms with Crippen LogP contribution in [0.25, 0.3) is 11.1 Å². The summed E-state index contributed by atoms with van der Waals surface area (Å²) in [6.45, 7) is -1.26. The van der Waals surface area contributed by atoms with E-state index in [1.165, 1.54) is 0 Å². The van der Waals surface area contributed by atoms with Crippen molar-refractivity contribution in [2.45, 2.75) is 49.3 Å². The molecular formula is C24H24F5NO3. The van der Waals surface area contributed by atoms with Crippen molar-refractivity contribution < 1.29 is 36.6 Å². The molecule has 0 radical (unpaired) electrons. The Morgan fingerprint density at radius 1 is 1.00 bits per heavy atom. The van der Waals surface area contributed by atoms with E-state index >= 15 is 0 Å². The molecule has 1 atom stereocenters. The number of benzene rings is 2. The summed E-state index contributed by atoms with van der Waals surface area (Å²) >= 11 is 0. The lowest BCUT2D eigenvalue weighted by atomic mass is 9.75. The van der Waals surface area contributed by atoms with E-state index in [4.69, 9.17) is 4.74 Å². The second kappa shape index (κ2) is 8.59. The highest BCUT2D eigenvalue weighted by Crippen LogP contribution is 2.47. The third-order valence-electron chi connectivity index (χ3n) is 6.73. The van der Waals surface area contributed by atoms with E-state index in [2.05, 4.69) is 0 Å². The van der Waals surface area contributed by atoms with E-state index in [9.17, 15) is 31.9 Å². The molecule has 2 aromatic carbocycles. The molecule has 4 nitrogen and oxygen atoms in total. The minimum absolute atomic E-state index is 0.0973. The van der Waals surface area contributed by atoms with E-state index in [-0.39, 0.29) is 12.5 Å². The lowest BCUT2D eigenvalue weighted by Gasteiger charge is -2.41. The van der Waals surface area contributed by atoms with Gasteiger partial charge in [-0.15, -0.1) is 0 Å². The van der Waals surface area contributed by atoms with Crippen molar-refractivity contribution in [2.75, 3.05) is 13.2 Å². The molecule has 4 rings (SSSR count). The maximum absolute atomic E-state index is 13.7. The highest BCUT2D eigenvalue weighted by atomic mass is 19.4. The Morgan fingerprint density at radius 2 is 1.52 bits per heavy atom. The number of hydrogen-bond donors (Lipinski definition) is 2. The van der Waals surface area contributed by atoms with Crippen molar-refractivity contribution in [3.05, 3.63) is 59.7 Å². The van der Waals surface area contributed by atoms with Gasteiger partial charge in [-0.1, -0.05) is 48.5 Å². The average Bonchev–Trinajstić information content (AvgIpc) is 3.09. The van der Waals surface area contributed by atoms with E-state index < -0.39 is 61.9 Å². The number of carbonyl (C=O) groups is 1. The number of halogens is 5. The molecule has 33 heavy (non-hydrogen) atoms. The summed E-state index contributed by atoms with van der Waals surface area (Å²) in [5.41, 5.74) is 0.586. The minimum atomic E-state index is -5.10. The summed E-state index contributed by atoms with van der Waals surface area (Å²) < 4.78 is 73.0. The van der Waals surface area contributed by atoms with Crippen LogP contribution in [0, 0.1) is 5.92 Å². The molecule has 1 amide bonds. The quantitative estimate of drug-likeness (QED) is 0.557. The molecule has 2 N–H and O–H groups in total. The van der Waals surface area contributed by atoms with Crippen LogP contribution in [-0.4, -0.2) is 42.1 Å². The van der Waals surface area contributed by atoms with Crippen molar-refractivity contribution >= 4 is 6.09 Å². The van der Waals surface area contributed by atoms with Gasteiger partial charge in [0.25, 0.3) is 0 Å². The molecule has 0 spiro atoms. The molecule has 0 aromatic heterocycles. The van der Waals surface area contributed by atoms with Crippen LogP contribution < -0.4 is 5.32 Å². The molecule has 0 bridgehead atoms. The summed E-state index contributed by atoms with van der Waals surface area (Å²) in [6, 6.07) is 15.2. The number of hydrogen-bond acceptors (Lipinski definition) is 3. The van der Waals surface area contributed by atoms with Crippen molar-refractivity contribution in [2.24, 2.45) is 5.92 Å². The van der Waals surface area contributed by atoms with Crippen LogP contribution in [0.15, 0.2) is 48.5 Å². The number of amides is 1. The monoisotopic (exact) mass is 469 g/mol. The zero-order valence-electron chi connectivity index (χ0n) is 17.7. The Morgan fingerprint density at radius 3 is 2.03 bits per heavy atom. The molecule has 2 aliphatic rings. The van der Waals surface area contributed by atoms with Crippen LogP contribution in [0.2, 0.25) is 0 Å². The number of rotatable bonds is 5. The summed E-state index contributed by atoms with van der Waals surface area (Å²) in [7, 11) is 0. The van der Waals surface area contributed by atoms with E-state index in [1.807, 2.05) is 53.8 Å². The number of alkyl carbamates (subject to hydrolysis) is 1. The highest BCUT2D eigenvalue weighted by molar-refractivity contribution is 5.79. The highest BCUT2D eigenvalue weighted by Gasteiger charge is 2.59. The molecule has 1 saturated carbocycles. The maximum atomic E-state index is 13.7. The van der Waals surface area contributed by atoms with Gasteiger partial charge in [0.2, 0.25) is 5.92 Å². The smallest absolute Gasteiger partial charge is 0.419 e. The first-order valence-electron chi connectivity index (χ1n) is 10.8. The van der Waals surface area contributed by atoms with Crippen molar-refractivity contribution in [1.82, 2.24) is 5.32 Å². The number of alkyl halides is 5. The first kappa shape index (κ1) is 23.5. The first-order chi connectivity index (χ1) is 15.5. The predicted molar refractivity (Wildman–Crippen MR) is 111 cm³/mol. The molecule has 1 fully saturated rings. The zero-order chi connectivity index (χ0) is 23.9. The van der Waals surface area contributed by atoms with E-state index in [0.717, 1.165) is 22.3 Å². The SMILES string of the molecule is O=C(NCC(O)(C1CCC(F)(F)CC1)C(F)(F)F)OCC1c2ccccc2-c2ccccc21. The fourth-order valence-electron chi connectivity index (χ4n) is 4.85. The van der Waals surface area contributed by atoms with Gasteiger partial charge in [0.15, 0.2) is 5.60 Å². The Labute approximate surface area is 187 Å². The van der Waals surface area contributed by atoms with Gasteiger partial charge in [0.1, 0.15) is 6.61 Å². The molecule has 0 saturated heterocycles. The number of carbonyl (C=O) groups excluding carboxylic acids is 1. The third kappa shape index (κ3) is 4.55. The van der Waals surface area contributed by atoms with Crippen LogP contribution in [0.3, 0.4) is 0 Å². The summed E-state index contributed by atoms with van der Waals surface area (Å²) in [5, 5.41) is 12.4. The van der Waals surface area contributed by atoms with Gasteiger partial charge in [0, 0.05) is 18.8 Å². The Balaban J connectivity index is 1.41. The van der Waals surface area contributed by atoms with Crippen molar-refractivity contribution in [1.29, 1.82) is 0 Å². The van der Waals surface area contributed by atoms with E-state index in [1.54, 1.807) is 0 Å². The minimum Gasteiger partial charge on any atom is -0.449 e. The molecular weight excluding hydrogens is 445 g/mol. The molecule has 2 aliphatic carbocycles. The van der Waals surface area contributed by atoms with Crippen molar-refractivity contribution in [3.8, 4) is 11.1 Å². The van der Waals surface area contributed by atoms with Crippen LogP contribution in [0.5, 0.6) is 0 Å². The standard InChI is InChI=1S/C24H24F5NO3/c25-22(26)11-9-15(10-12-22)23(32,24(27,28)29)14-30-21(31)33-13-20-18-7-3-1-5-16(18)17-6-2-4-8-19(17)20/h1-8,15,20,32H,9-14H2,(H,30,31). The Hall–Kier alpha value is -2.68. The lowest BCUT2D eigenvalue weighted by molar-refractivity contribution is -0.283. The zero-order valence-corrected chi connectivity index (χ0v) is 17.7. The molecule has 178 valence electrons. The molecule has 9 heteroatoms. The van der Waals surface area contributed by atoms with Crippen LogP contribution in [-0.2, 0) is 4.74 Å². The van der Waals surface area contributed by atoms with Gasteiger partial charge < -0.3 is 15.2 Å². The van der Waals surface area contributed by atoms with Crippen LogP contribution in [0.4, 0.5) is 26.7 Å². The van der Waals surface area contributed by atoms with Gasteiger partial charge in [-0.2, -0.15) is 13.2 Å². The van der Waals surface area contributed by atoms with Crippen LogP contribution >= 0.6 is 0 Å². The number of aliphatic hydroxyl groups is 1. The van der Waals surface area contributed by atoms with Gasteiger partial charge >= 0.3 is 12.3 Å². The molecule has 0 heterocycles.